The highest BCUT2D eigenvalue weighted by atomic mass is 32.1. The number of nitrogen functional groups attached to an aromatic ring is 1. The predicted octanol–water partition coefficient (Wildman–Crippen LogP) is 1.22. The Hall–Kier alpha value is -0.610. The number of aromatic nitrogens is 1. The van der Waals surface area contributed by atoms with E-state index in [2.05, 4.69) is 17.2 Å². The van der Waals surface area contributed by atoms with Crippen molar-refractivity contribution in [1.82, 2.24) is 10.3 Å². The van der Waals surface area contributed by atoms with Gasteiger partial charge in [0.1, 0.15) is 0 Å². The Bertz CT molecular complexity index is 209. The van der Waals surface area contributed by atoms with E-state index in [1.807, 2.05) is 5.38 Å². The molecule has 1 heterocycles. The second-order valence-electron chi connectivity index (χ2n) is 2.35. The van der Waals surface area contributed by atoms with E-state index < -0.39 is 0 Å². The SMILES string of the molecule is CCCNCc1csc(N)n1. The summed E-state index contributed by atoms with van der Waals surface area (Å²) in [5.41, 5.74) is 6.51. The third-order valence-corrected chi connectivity index (χ3v) is 2.03. The molecular weight excluding hydrogens is 158 g/mol. The third kappa shape index (κ3) is 2.86. The summed E-state index contributed by atoms with van der Waals surface area (Å²) in [6.45, 7) is 4.02. The molecule has 3 nitrogen and oxygen atoms in total. The van der Waals surface area contributed by atoms with Crippen LogP contribution in [0.15, 0.2) is 5.38 Å². The fourth-order valence-corrected chi connectivity index (χ4v) is 1.36. The normalized spacial score (nSPS) is 10.3. The molecule has 1 rings (SSSR count). The smallest absolute Gasteiger partial charge is 0.180 e. The quantitative estimate of drug-likeness (QED) is 0.670. The number of nitrogens with one attached hydrogen (secondary N) is 1. The van der Waals surface area contributed by atoms with Gasteiger partial charge in [-0.3, -0.25) is 0 Å². The van der Waals surface area contributed by atoms with Gasteiger partial charge >= 0.3 is 0 Å². The molecule has 0 aromatic carbocycles. The lowest BCUT2D eigenvalue weighted by molar-refractivity contribution is 0.667. The van der Waals surface area contributed by atoms with E-state index in [0.717, 1.165) is 25.2 Å². The van der Waals surface area contributed by atoms with Crippen molar-refractivity contribution < 1.29 is 0 Å². The Balaban J connectivity index is 2.27. The van der Waals surface area contributed by atoms with Crippen LogP contribution in [-0.4, -0.2) is 11.5 Å². The molecule has 0 amide bonds. The number of hydrogen-bond acceptors (Lipinski definition) is 4. The van der Waals surface area contributed by atoms with Gasteiger partial charge in [0, 0.05) is 11.9 Å². The van der Waals surface area contributed by atoms with Gasteiger partial charge in [0.2, 0.25) is 0 Å². The topological polar surface area (TPSA) is 50.9 Å². The van der Waals surface area contributed by atoms with Gasteiger partial charge in [-0.05, 0) is 13.0 Å². The molecule has 0 radical (unpaired) electrons. The van der Waals surface area contributed by atoms with Crippen molar-refractivity contribution >= 4 is 16.5 Å². The van der Waals surface area contributed by atoms with E-state index in [9.17, 15) is 0 Å². The van der Waals surface area contributed by atoms with Gasteiger partial charge in [-0.2, -0.15) is 0 Å². The number of rotatable bonds is 4. The van der Waals surface area contributed by atoms with Crippen molar-refractivity contribution in [1.29, 1.82) is 0 Å². The second kappa shape index (κ2) is 4.31. The molecule has 11 heavy (non-hydrogen) atoms. The van der Waals surface area contributed by atoms with Crippen LogP contribution in [0.1, 0.15) is 19.0 Å². The highest BCUT2D eigenvalue weighted by molar-refractivity contribution is 7.13. The van der Waals surface area contributed by atoms with Gasteiger partial charge in [0.15, 0.2) is 5.13 Å². The summed E-state index contributed by atoms with van der Waals surface area (Å²) < 4.78 is 0. The first-order chi connectivity index (χ1) is 5.33. The van der Waals surface area contributed by atoms with Crippen molar-refractivity contribution in [3.05, 3.63) is 11.1 Å². The molecule has 0 spiro atoms. The van der Waals surface area contributed by atoms with E-state index in [-0.39, 0.29) is 0 Å². The maximum atomic E-state index is 5.46. The summed E-state index contributed by atoms with van der Waals surface area (Å²) in [7, 11) is 0. The maximum Gasteiger partial charge on any atom is 0.180 e. The zero-order valence-corrected chi connectivity index (χ0v) is 7.45. The monoisotopic (exact) mass is 171 g/mol. The zero-order valence-electron chi connectivity index (χ0n) is 6.63. The lowest BCUT2D eigenvalue weighted by atomic mass is 10.4. The van der Waals surface area contributed by atoms with Crippen LogP contribution in [-0.2, 0) is 6.54 Å². The van der Waals surface area contributed by atoms with Crippen molar-refractivity contribution in [3.63, 3.8) is 0 Å². The fourth-order valence-electron chi connectivity index (χ4n) is 0.797. The Labute approximate surface area is 70.6 Å². The first-order valence-corrected chi connectivity index (χ1v) is 4.61. The van der Waals surface area contributed by atoms with Crippen LogP contribution < -0.4 is 11.1 Å². The first-order valence-electron chi connectivity index (χ1n) is 3.73. The van der Waals surface area contributed by atoms with Gasteiger partial charge in [-0.1, -0.05) is 6.92 Å². The highest BCUT2D eigenvalue weighted by Crippen LogP contribution is 2.10. The zero-order chi connectivity index (χ0) is 8.10. The lowest BCUT2D eigenvalue weighted by Crippen LogP contribution is -2.13. The van der Waals surface area contributed by atoms with Crippen LogP contribution in [0.3, 0.4) is 0 Å². The van der Waals surface area contributed by atoms with Crippen molar-refractivity contribution in [2.45, 2.75) is 19.9 Å². The molecular formula is C7H13N3S. The van der Waals surface area contributed by atoms with Crippen molar-refractivity contribution in [2.75, 3.05) is 12.3 Å². The average Bonchev–Trinajstić information content (AvgIpc) is 2.37. The molecule has 3 N–H and O–H groups in total. The summed E-state index contributed by atoms with van der Waals surface area (Å²) >= 11 is 1.49. The van der Waals surface area contributed by atoms with Crippen LogP contribution in [0.4, 0.5) is 5.13 Å². The summed E-state index contributed by atoms with van der Waals surface area (Å²) in [5, 5.41) is 5.89. The number of thiazole rings is 1. The molecule has 0 fully saturated rings. The summed E-state index contributed by atoms with van der Waals surface area (Å²) in [6.07, 6.45) is 1.15. The first kappa shape index (κ1) is 8.49. The van der Waals surface area contributed by atoms with E-state index >= 15 is 0 Å². The highest BCUT2D eigenvalue weighted by Gasteiger charge is 1.95. The molecule has 4 heteroatoms. The standard InChI is InChI=1S/C7H13N3S/c1-2-3-9-4-6-5-11-7(8)10-6/h5,9H,2-4H2,1H3,(H2,8,10). The van der Waals surface area contributed by atoms with Crippen LogP contribution >= 0.6 is 11.3 Å². The second-order valence-corrected chi connectivity index (χ2v) is 3.24. The van der Waals surface area contributed by atoms with Crippen LogP contribution in [0, 0.1) is 0 Å². The van der Waals surface area contributed by atoms with Crippen molar-refractivity contribution in [3.8, 4) is 0 Å². The third-order valence-electron chi connectivity index (χ3n) is 1.30. The number of anilines is 1. The Morgan fingerprint density at radius 3 is 3.09 bits per heavy atom. The Morgan fingerprint density at radius 2 is 2.55 bits per heavy atom. The fraction of sp³-hybridized carbons (Fsp3) is 0.571. The van der Waals surface area contributed by atoms with Gasteiger partial charge in [-0.25, -0.2) is 4.98 Å². The molecule has 0 aliphatic rings. The number of hydrogen-bond donors (Lipinski definition) is 2. The van der Waals surface area contributed by atoms with Gasteiger partial charge in [0.05, 0.1) is 5.69 Å². The Morgan fingerprint density at radius 1 is 1.73 bits per heavy atom. The molecule has 0 atom stereocenters. The molecule has 1 aromatic heterocycles. The average molecular weight is 171 g/mol. The Kier molecular flexibility index (Phi) is 3.32. The number of nitrogens with two attached hydrogens (primary N) is 1. The van der Waals surface area contributed by atoms with Crippen molar-refractivity contribution in [2.24, 2.45) is 0 Å². The number of nitrogens with zero attached hydrogens (tertiary/aromatic N) is 1. The van der Waals surface area contributed by atoms with E-state index in [0.29, 0.717) is 5.13 Å². The van der Waals surface area contributed by atoms with Crippen LogP contribution in [0.2, 0.25) is 0 Å². The molecule has 0 saturated heterocycles. The van der Waals surface area contributed by atoms with Gasteiger partial charge in [-0.15, -0.1) is 11.3 Å². The lowest BCUT2D eigenvalue weighted by Gasteiger charge is -1.97. The summed E-state index contributed by atoms with van der Waals surface area (Å²) in [4.78, 5) is 4.12. The minimum Gasteiger partial charge on any atom is -0.375 e. The van der Waals surface area contributed by atoms with Crippen LogP contribution in [0.25, 0.3) is 0 Å². The minimum absolute atomic E-state index is 0.651. The van der Waals surface area contributed by atoms with E-state index in [1.54, 1.807) is 0 Å². The molecule has 62 valence electrons. The summed E-state index contributed by atoms with van der Waals surface area (Å²) in [6, 6.07) is 0. The molecule has 1 aromatic rings. The minimum atomic E-state index is 0.651. The van der Waals surface area contributed by atoms with E-state index in [4.69, 9.17) is 5.73 Å². The predicted molar refractivity (Wildman–Crippen MR) is 48.5 cm³/mol. The molecule has 0 saturated carbocycles. The largest absolute Gasteiger partial charge is 0.375 e. The molecule has 0 unspecified atom stereocenters. The van der Waals surface area contributed by atoms with Crippen LogP contribution in [0.5, 0.6) is 0 Å². The maximum absolute atomic E-state index is 5.46. The summed E-state index contributed by atoms with van der Waals surface area (Å²) in [5.74, 6) is 0. The van der Waals surface area contributed by atoms with Gasteiger partial charge in [0.25, 0.3) is 0 Å². The molecule has 0 aliphatic carbocycles. The van der Waals surface area contributed by atoms with E-state index in [1.165, 1.54) is 11.3 Å². The van der Waals surface area contributed by atoms with Gasteiger partial charge < -0.3 is 11.1 Å². The molecule has 0 aliphatic heterocycles. The molecule has 0 bridgehead atoms.